The summed E-state index contributed by atoms with van der Waals surface area (Å²) < 4.78 is 18.9. The highest BCUT2D eigenvalue weighted by atomic mass is 19.1. The van der Waals surface area contributed by atoms with Gasteiger partial charge in [0.25, 0.3) is 0 Å². The molecule has 0 spiro atoms. The van der Waals surface area contributed by atoms with E-state index in [1.54, 1.807) is 48.9 Å². The number of imidazole rings is 1. The molecule has 2 heterocycles. The highest BCUT2D eigenvalue weighted by Gasteiger charge is 2.16. The van der Waals surface area contributed by atoms with Gasteiger partial charge in [0.05, 0.1) is 12.0 Å². The second-order valence-electron chi connectivity index (χ2n) is 8.30. The number of H-pyrrole nitrogens is 1. The molecular weight excluding hydrogens is 471 g/mol. The Morgan fingerprint density at radius 3 is 2.57 bits per heavy atom. The van der Waals surface area contributed by atoms with Crippen LogP contribution in [0.5, 0.6) is 5.75 Å². The van der Waals surface area contributed by atoms with E-state index >= 15 is 0 Å². The number of nitrogens with one attached hydrogen (secondary N) is 3. The molecule has 2 aromatic heterocycles. The van der Waals surface area contributed by atoms with Gasteiger partial charge in [0.15, 0.2) is 0 Å². The smallest absolute Gasteiger partial charge is 0.410 e. The SMILES string of the molecule is O=C(NC(=NCCC(c1ccc(F)cc1)c1ccccn1)NCCCc1c[nH]cn1)Oc1ccccc1. The van der Waals surface area contributed by atoms with Gasteiger partial charge in [0.2, 0.25) is 5.96 Å². The standard InChI is InChI=1S/C28H29FN6O2/c29-22-13-11-21(12-14-22)25(26-10-4-5-16-31-26)15-18-33-27(32-17-6-7-23-19-30-20-34-23)35-28(36)37-24-8-2-1-3-9-24/h1-5,8-14,16,19-20,25H,6-7,15,17-18H2,(H,30,34)(H2,32,33,35,36). The Morgan fingerprint density at radius 1 is 1.03 bits per heavy atom. The topological polar surface area (TPSA) is 104 Å². The molecule has 0 radical (unpaired) electrons. The summed E-state index contributed by atoms with van der Waals surface area (Å²) in [6, 6.07) is 21.0. The number of para-hydroxylation sites is 1. The van der Waals surface area contributed by atoms with Crippen LogP contribution in [0, 0.1) is 5.82 Å². The number of ether oxygens (including phenoxy) is 1. The van der Waals surface area contributed by atoms with Crippen LogP contribution in [0.25, 0.3) is 0 Å². The van der Waals surface area contributed by atoms with Crippen LogP contribution in [0.1, 0.15) is 35.7 Å². The number of pyridine rings is 1. The molecule has 0 saturated carbocycles. The van der Waals surface area contributed by atoms with Crippen molar-refractivity contribution in [2.75, 3.05) is 13.1 Å². The van der Waals surface area contributed by atoms with Crippen LogP contribution in [0.3, 0.4) is 0 Å². The first kappa shape index (κ1) is 25.6. The molecule has 0 fully saturated rings. The van der Waals surface area contributed by atoms with E-state index < -0.39 is 6.09 Å². The number of halogens is 1. The molecular formula is C28H29FN6O2. The van der Waals surface area contributed by atoms with Gasteiger partial charge in [-0.15, -0.1) is 0 Å². The second kappa shape index (κ2) is 13.5. The minimum absolute atomic E-state index is 0.0808. The first-order chi connectivity index (χ1) is 18.2. The van der Waals surface area contributed by atoms with Crippen LogP contribution in [-0.4, -0.2) is 40.1 Å². The van der Waals surface area contributed by atoms with Crippen LogP contribution < -0.4 is 15.4 Å². The molecule has 0 aliphatic rings. The quantitative estimate of drug-likeness (QED) is 0.164. The molecule has 4 rings (SSSR count). The zero-order valence-corrected chi connectivity index (χ0v) is 20.3. The van der Waals surface area contributed by atoms with E-state index in [1.165, 1.54) is 12.1 Å². The number of guanidine groups is 1. The van der Waals surface area contributed by atoms with E-state index in [9.17, 15) is 9.18 Å². The van der Waals surface area contributed by atoms with E-state index in [0.29, 0.717) is 31.2 Å². The minimum Gasteiger partial charge on any atom is -0.410 e. The third-order valence-corrected chi connectivity index (χ3v) is 5.64. The summed E-state index contributed by atoms with van der Waals surface area (Å²) >= 11 is 0. The first-order valence-corrected chi connectivity index (χ1v) is 12.1. The summed E-state index contributed by atoms with van der Waals surface area (Å²) in [5.74, 6) is 0.387. The van der Waals surface area contributed by atoms with Crippen LogP contribution in [0.2, 0.25) is 0 Å². The van der Waals surface area contributed by atoms with E-state index in [1.807, 2.05) is 30.5 Å². The number of aromatic amines is 1. The van der Waals surface area contributed by atoms with E-state index in [0.717, 1.165) is 29.8 Å². The Hall–Kier alpha value is -4.53. The number of hydrogen-bond donors (Lipinski definition) is 3. The maximum Gasteiger partial charge on any atom is 0.419 e. The van der Waals surface area contributed by atoms with Gasteiger partial charge in [-0.25, -0.2) is 14.2 Å². The van der Waals surface area contributed by atoms with Gasteiger partial charge < -0.3 is 15.0 Å². The van der Waals surface area contributed by atoms with Crippen molar-refractivity contribution in [2.45, 2.75) is 25.2 Å². The van der Waals surface area contributed by atoms with E-state index in [2.05, 4.69) is 30.6 Å². The van der Waals surface area contributed by atoms with E-state index in [-0.39, 0.29) is 11.7 Å². The number of amides is 1. The lowest BCUT2D eigenvalue weighted by atomic mass is 9.92. The largest absolute Gasteiger partial charge is 0.419 e. The number of nitrogens with zero attached hydrogens (tertiary/aromatic N) is 3. The molecule has 3 N–H and O–H groups in total. The van der Waals surface area contributed by atoms with Gasteiger partial charge in [-0.1, -0.05) is 36.4 Å². The van der Waals surface area contributed by atoms with Crippen LogP contribution in [0.15, 0.2) is 96.5 Å². The Kier molecular flexibility index (Phi) is 9.35. The average Bonchev–Trinajstić information content (AvgIpc) is 3.44. The summed E-state index contributed by atoms with van der Waals surface area (Å²) in [6.07, 6.45) is 6.80. The number of aliphatic imine (C=N–C) groups is 1. The highest BCUT2D eigenvalue weighted by Crippen LogP contribution is 2.26. The van der Waals surface area contributed by atoms with Gasteiger partial charge >= 0.3 is 6.09 Å². The molecule has 1 atom stereocenters. The van der Waals surface area contributed by atoms with Crippen molar-refractivity contribution in [2.24, 2.45) is 4.99 Å². The number of aromatic nitrogens is 3. The number of carbonyl (C=O) groups excluding carboxylic acids is 1. The fourth-order valence-electron chi connectivity index (χ4n) is 3.83. The summed E-state index contributed by atoms with van der Waals surface area (Å²) in [4.78, 5) is 28.8. The van der Waals surface area contributed by atoms with Crippen LogP contribution in [0.4, 0.5) is 9.18 Å². The monoisotopic (exact) mass is 500 g/mol. The van der Waals surface area contributed by atoms with Crippen molar-refractivity contribution >= 4 is 12.1 Å². The summed E-state index contributed by atoms with van der Waals surface area (Å²) in [7, 11) is 0. The zero-order chi connectivity index (χ0) is 25.7. The zero-order valence-electron chi connectivity index (χ0n) is 20.3. The lowest BCUT2D eigenvalue weighted by molar-refractivity contribution is 0.205. The maximum atomic E-state index is 13.5. The maximum absolute atomic E-state index is 13.5. The van der Waals surface area contributed by atoms with Gasteiger partial charge in [-0.05, 0) is 61.2 Å². The van der Waals surface area contributed by atoms with Crippen LogP contribution >= 0.6 is 0 Å². The van der Waals surface area contributed by atoms with Crippen LogP contribution in [-0.2, 0) is 6.42 Å². The Morgan fingerprint density at radius 2 is 1.84 bits per heavy atom. The number of hydrogen-bond acceptors (Lipinski definition) is 5. The van der Waals surface area contributed by atoms with Crippen molar-refractivity contribution in [3.63, 3.8) is 0 Å². The molecule has 4 aromatic rings. The van der Waals surface area contributed by atoms with Gasteiger partial charge in [-0.3, -0.25) is 15.3 Å². The molecule has 1 amide bonds. The molecule has 37 heavy (non-hydrogen) atoms. The number of aryl methyl sites for hydroxylation is 1. The molecule has 0 aliphatic carbocycles. The van der Waals surface area contributed by atoms with Crippen molar-refractivity contribution in [1.82, 2.24) is 25.6 Å². The summed E-state index contributed by atoms with van der Waals surface area (Å²) in [5.41, 5.74) is 2.78. The number of rotatable bonds is 10. The van der Waals surface area contributed by atoms with Crippen molar-refractivity contribution in [3.05, 3.63) is 114 Å². The van der Waals surface area contributed by atoms with Gasteiger partial charge in [0, 0.05) is 37.1 Å². The molecule has 190 valence electrons. The molecule has 8 nitrogen and oxygen atoms in total. The molecule has 0 aliphatic heterocycles. The normalized spacial score (nSPS) is 12.1. The molecule has 0 bridgehead atoms. The van der Waals surface area contributed by atoms with Gasteiger partial charge in [0.1, 0.15) is 11.6 Å². The molecule has 0 saturated heterocycles. The highest BCUT2D eigenvalue weighted by molar-refractivity contribution is 5.94. The molecule has 9 heteroatoms. The summed E-state index contributed by atoms with van der Waals surface area (Å²) in [5, 5.41) is 5.91. The van der Waals surface area contributed by atoms with E-state index in [4.69, 9.17) is 4.74 Å². The second-order valence-corrected chi connectivity index (χ2v) is 8.30. The lowest BCUT2D eigenvalue weighted by Crippen LogP contribution is -2.43. The van der Waals surface area contributed by atoms with Crippen molar-refractivity contribution in [1.29, 1.82) is 0 Å². The molecule has 1 unspecified atom stereocenters. The Labute approximate surface area is 215 Å². The third kappa shape index (κ3) is 8.28. The third-order valence-electron chi connectivity index (χ3n) is 5.64. The average molecular weight is 501 g/mol. The minimum atomic E-state index is -0.635. The predicted molar refractivity (Wildman–Crippen MR) is 140 cm³/mol. The Balaban J connectivity index is 1.42. The first-order valence-electron chi connectivity index (χ1n) is 12.1. The number of benzene rings is 2. The Bertz CT molecular complexity index is 1250. The lowest BCUT2D eigenvalue weighted by Gasteiger charge is -2.17. The van der Waals surface area contributed by atoms with Crippen molar-refractivity contribution < 1.29 is 13.9 Å². The fraction of sp³-hybridized carbons (Fsp3) is 0.214. The van der Waals surface area contributed by atoms with Crippen molar-refractivity contribution in [3.8, 4) is 5.75 Å². The number of carbonyl (C=O) groups is 1. The van der Waals surface area contributed by atoms with Gasteiger partial charge in [-0.2, -0.15) is 0 Å². The predicted octanol–water partition coefficient (Wildman–Crippen LogP) is 4.83. The summed E-state index contributed by atoms with van der Waals surface area (Å²) in [6.45, 7) is 0.977. The fourth-order valence-corrected chi connectivity index (χ4v) is 3.83. The molecule has 2 aromatic carbocycles.